The maximum Gasteiger partial charge on any atom is 0.338 e. The summed E-state index contributed by atoms with van der Waals surface area (Å²) < 4.78 is 83.4. The summed E-state index contributed by atoms with van der Waals surface area (Å²) in [7, 11) is -2.56. The molecule has 5 aromatic carbocycles. The van der Waals surface area contributed by atoms with Gasteiger partial charge in [0.25, 0.3) is 10.1 Å². The first-order valence-corrected chi connectivity index (χ1v) is 25.4. The van der Waals surface area contributed by atoms with Crippen molar-refractivity contribution >= 4 is 97.2 Å². The number of carbonyl (C=O) groups is 4. The van der Waals surface area contributed by atoms with Crippen LogP contribution in [0.3, 0.4) is 0 Å². The summed E-state index contributed by atoms with van der Waals surface area (Å²) >= 11 is 21.2. The van der Waals surface area contributed by atoms with Crippen molar-refractivity contribution in [2.45, 2.75) is 66.8 Å². The van der Waals surface area contributed by atoms with E-state index in [4.69, 9.17) is 68.1 Å². The second-order valence-corrected chi connectivity index (χ2v) is 19.4. The summed E-state index contributed by atoms with van der Waals surface area (Å²) in [4.78, 5) is 57.9. The Labute approximate surface area is 457 Å². The number of esters is 4. The number of nitrogens with zero attached hydrogens (tertiary/aromatic N) is 2. The van der Waals surface area contributed by atoms with Crippen LogP contribution in [-0.4, -0.2) is 128 Å². The van der Waals surface area contributed by atoms with Crippen LogP contribution in [0.1, 0.15) is 63.7 Å². The van der Waals surface area contributed by atoms with Crippen molar-refractivity contribution in [1.82, 2.24) is 0 Å². The van der Waals surface area contributed by atoms with Gasteiger partial charge in [0.15, 0.2) is 30.7 Å². The molecule has 0 bridgehead atoms. The zero-order valence-corrected chi connectivity index (χ0v) is 44.6. The standard InChI is InChI=1S/C28H25Cl3FNO10S.C22H23BrFNO7/c1-40-33-12-23(32)26(42-28(37)19-8-4-17(14-35)5-9-19)24(15-41-27(36)18-6-2-16(13-34)3-7-18)43-44(38,39)25-11-21(30)20(29)10-22(25)31;1-30-25-10-19(24)20(32-22(29)17-8-4-15(12-27)5-9-17)18(23)13-31-21(28)16-6-2-14(11-26)3-7-16/h2-12,23-24,26,34-35H,13-15H2,1H3;2-10,18-20,26-27H,11-13H2,1H3/t23-,24-,26+;18-,19+,20+/m10/s1. The van der Waals surface area contributed by atoms with E-state index in [-0.39, 0.29) is 65.3 Å². The molecule has 19 nitrogen and oxygen atoms in total. The maximum atomic E-state index is 15.6. The largest absolute Gasteiger partial charge is 0.461 e. The highest BCUT2D eigenvalue weighted by atomic mass is 79.9. The lowest BCUT2D eigenvalue weighted by atomic mass is 10.1. The zero-order valence-electron chi connectivity index (χ0n) is 39.9. The molecule has 408 valence electrons. The second-order valence-electron chi connectivity index (χ2n) is 15.4. The monoisotopic (exact) mass is 1200 g/mol. The minimum Gasteiger partial charge on any atom is -0.461 e. The van der Waals surface area contributed by atoms with E-state index in [2.05, 4.69) is 35.9 Å². The molecule has 0 heterocycles. The molecule has 0 aliphatic heterocycles. The number of halogens is 6. The number of ether oxygens (including phenoxy) is 4. The molecule has 0 radical (unpaired) electrons. The van der Waals surface area contributed by atoms with E-state index < -0.39 is 86.0 Å². The average Bonchev–Trinajstić information content (AvgIpc) is 3.43. The lowest BCUT2D eigenvalue weighted by Crippen LogP contribution is -2.45. The zero-order chi connectivity index (χ0) is 56.0. The van der Waals surface area contributed by atoms with Gasteiger partial charge < -0.3 is 49.0 Å². The topological polar surface area (TPSA) is 273 Å². The fraction of sp³-hybridized carbons (Fsp3) is 0.280. The summed E-state index contributed by atoms with van der Waals surface area (Å²) in [5, 5.41) is 42.7. The summed E-state index contributed by atoms with van der Waals surface area (Å²) in [6, 6.07) is 25.1. The molecule has 0 saturated carbocycles. The molecule has 26 heteroatoms. The maximum absolute atomic E-state index is 15.6. The van der Waals surface area contributed by atoms with E-state index >= 15 is 4.39 Å². The third kappa shape index (κ3) is 18.9. The van der Waals surface area contributed by atoms with Crippen LogP contribution in [0, 0.1) is 0 Å². The molecule has 0 fully saturated rings. The van der Waals surface area contributed by atoms with Crippen LogP contribution in [0.4, 0.5) is 8.78 Å². The molecule has 0 amide bonds. The van der Waals surface area contributed by atoms with E-state index in [9.17, 15) is 42.2 Å². The second kappa shape index (κ2) is 31.2. The SMILES string of the molecule is CON=C[C@@H](F)[C@H](OC(=O)c1ccc(CO)cc1)[C@@H](Br)COC(=O)c1ccc(CO)cc1.CON=C[C@@H](F)[C@H](OC(=O)c1ccc(CO)cc1)[C@@H](COC(=O)c1ccc(CO)cc1)OS(=O)(=O)c1cc(Cl)c(Cl)cc1Cl. The number of rotatable bonds is 25. The molecule has 0 aliphatic rings. The van der Waals surface area contributed by atoms with Crippen molar-refractivity contribution in [1.29, 1.82) is 0 Å². The van der Waals surface area contributed by atoms with Gasteiger partial charge in [-0.15, -0.1) is 0 Å². The van der Waals surface area contributed by atoms with Gasteiger partial charge in [0.2, 0.25) is 0 Å². The van der Waals surface area contributed by atoms with Gasteiger partial charge in [0, 0.05) is 0 Å². The first-order valence-electron chi connectivity index (χ1n) is 22.0. The van der Waals surface area contributed by atoms with Crippen molar-refractivity contribution in [2.75, 3.05) is 27.4 Å². The quantitative estimate of drug-likeness (QED) is 0.00835. The van der Waals surface area contributed by atoms with Crippen molar-refractivity contribution < 1.29 is 89.6 Å². The highest BCUT2D eigenvalue weighted by Gasteiger charge is 2.40. The lowest BCUT2D eigenvalue weighted by molar-refractivity contribution is -0.0478. The molecule has 4 N–H and O–H groups in total. The van der Waals surface area contributed by atoms with E-state index in [0.717, 1.165) is 25.5 Å². The smallest absolute Gasteiger partial charge is 0.338 e. The predicted octanol–water partition coefficient (Wildman–Crippen LogP) is 7.55. The summed E-state index contributed by atoms with van der Waals surface area (Å²) in [5.41, 5.74) is 2.54. The molecule has 5 aromatic rings. The summed E-state index contributed by atoms with van der Waals surface area (Å²) in [6.45, 7) is -2.19. The van der Waals surface area contributed by atoms with Gasteiger partial charge in [-0.3, -0.25) is 4.18 Å². The fourth-order valence-electron chi connectivity index (χ4n) is 6.12. The van der Waals surface area contributed by atoms with Gasteiger partial charge in [-0.2, -0.15) is 8.42 Å². The Kier molecular flexibility index (Phi) is 25.6. The molecule has 0 saturated heterocycles. The van der Waals surface area contributed by atoms with Crippen molar-refractivity contribution in [2.24, 2.45) is 10.3 Å². The van der Waals surface area contributed by atoms with Crippen LogP contribution in [0.25, 0.3) is 0 Å². The van der Waals surface area contributed by atoms with Gasteiger partial charge >= 0.3 is 23.9 Å². The van der Waals surface area contributed by atoms with Crippen molar-refractivity contribution in [3.8, 4) is 0 Å². The van der Waals surface area contributed by atoms with Crippen LogP contribution in [0.5, 0.6) is 0 Å². The normalized spacial score (nSPS) is 13.8. The number of hydrogen-bond donors (Lipinski definition) is 4. The molecule has 0 aliphatic carbocycles. The van der Waals surface area contributed by atoms with Crippen molar-refractivity contribution in [3.63, 3.8) is 0 Å². The Morgan fingerprint density at radius 3 is 1.28 bits per heavy atom. The first kappa shape index (κ1) is 62.4. The van der Waals surface area contributed by atoms with Crippen LogP contribution >= 0.6 is 50.7 Å². The number of alkyl halides is 3. The molecule has 0 unspecified atom stereocenters. The molecule has 5 rings (SSSR count). The minimum atomic E-state index is -4.92. The van der Waals surface area contributed by atoms with Gasteiger partial charge in [-0.1, -0.05) is 110 Å². The Bertz CT molecular complexity index is 2870. The average molecular weight is 1210 g/mol. The first-order chi connectivity index (χ1) is 36.3. The molecule has 0 spiro atoms. The minimum absolute atomic E-state index is 0.00611. The van der Waals surface area contributed by atoms with Gasteiger partial charge in [-0.25, -0.2) is 28.0 Å². The van der Waals surface area contributed by atoms with Crippen molar-refractivity contribution in [3.05, 3.63) is 169 Å². The number of aliphatic hydroxyl groups excluding tert-OH is 4. The van der Waals surface area contributed by atoms with E-state index in [0.29, 0.717) is 28.5 Å². The van der Waals surface area contributed by atoms with Crippen LogP contribution in [0.2, 0.25) is 15.1 Å². The van der Waals surface area contributed by atoms with Gasteiger partial charge in [-0.05, 0) is 82.9 Å². The van der Waals surface area contributed by atoms with E-state index in [1.807, 2.05) is 0 Å². The van der Waals surface area contributed by atoms with Gasteiger partial charge in [0.1, 0.15) is 32.3 Å². The molecule has 6 atom stereocenters. The molecular weight excluding hydrogens is 1160 g/mol. The molecule has 76 heavy (non-hydrogen) atoms. The molecular formula is C50H48BrCl3F2N2O17S. The van der Waals surface area contributed by atoms with E-state index in [1.165, 1.54) is 79.9 Å². The number of oxime groups is 2. The lowest BCUT2D eigenvalue weighted by Gasteiger charge is -2.27. The Hall–Kier alpha value is -6.12. The third-order valence-electron chi connectivity index (χ3n) is 10.2. The number of aliphatic hydroxyl groups is 4. The number of hydrogen-bond acceptors (Lipinski definition) is 19. The third-order valence-corrected chi connectivity index (χ3v) is 13.5. The summed E-state index contributed by atoms with van der Waals surface area (Å²) in [6.07, 6.45) is -8.31. The predicted molar refractivity (Wildman–Crippen MR) is 275 cm³/mol. The van der Waals surface area contributed by atoms with Gasteiger partial charge in [0.05, 0.1) is 81.0 Å². The Balaban J connectivity index is 0.000000346. The fourth-order valence-corrected chi connectivity index (χ4v) is 8.70. The summed E-state index contributed by atoms with van der Waals surface area (Å²) in [5.74, 6) is -3.55. The van der Waals surface area contributed by atoms with Crippen LogP contribution in [0.15, 0.2) is 124 Å². The number of carbonyl (C=O) groups excluding carboxylic acids is 4. The molecule has 0 aromatic heterocycles. The van der Waals surface area contributed by atoms with Crippen LogP contribution < -0.4 is 0 Å². The van der Waals surface area contributed by atoms with Crippen LogP contribution in [-0.2, 0) is 69.4 Å². The highest BCUT2D eigenvalue weighted by molar-refractivity contribution is 9.09. The number of benzene rings is 5. The highest BCUT2D eigenvalue weighted by Crippen LogP contribution is 2.34. The Morgan fingerprint density at radius 2 is 0.895 bits per heavy atom. The Morgan fingerprint density at radius 1 is 0.553 bits per heavy atom. The van der Waals surface area contributed by atoms with E-state index in [1.54, 1.807) is 24.3 Å².